The van der Waals surface area contributed by atoms with Gasteiger partial charge in [-0.3, -0.25) is 9.78 Å². The minimum absolute atomic E-state index is 0.0585. The number of benzene rings is 1. The quantitative estimate of drug-likeness (QED) is 0.666. The molecule has 0 spiro atoms. The van der Waals surface area contributed by atoms with Crippen LogP contribution in [0.25, 0.3) is 0 Å². The van der Waals surface area contributed by atoms with Crippen LogP contribution in [0.5, 0.6) is 0 Å². The summed E-state index contributed by atoms with van der Waals surface area (Å²) in [6, 6.07) is 14.3. The van der Waals surface area contributed by atoms with Crippen molar-refractivity contribution in [3.8, 4) is 0 Å². The van der Waals surface area contributed by atoms with E-state index in [4.69, 9.17) is 4.98 Å². The Bertz CT molecular complexity index is 891. The minimum Gasteiger partial charge on any atom is -0.349 e. The molecule has 0 aliphatic rings. The van der Waals surface area contributed by atoms with Crippen molar-refractivity contribution < 1.29 is 4.79 Å². The SMILES string of the molecule is CC(=O)NCc1nc(C(C)C)c(Sc2ccccc2)n1Cc1ccncc1. The lowest BCUT2D eigenvalue weighted by Crippen LogP contribution is -2.22. The number of nitrogens with one attached hydrogen (secondary N) is 1. The summed E-state index contributed by atoms with van der Waals surface area (Å²) in [5.74, 6) is 1.09. The van der Waals surface area contributed by atoms with Crippen molar-refractivity contribution in [3.63, 3.8) is 0 Å². The topological polar surface area (TPSA) is 59.8 Å². The van der Waals surface area contributed by atoms with Crippen LogP contribution >= 0.6 is 11.8 Å². The Morgan fingerprint density at radius 3 is 2.48 bits per heavy atom. The predicted molar refractivity (Wildman–Crippen MR) is 108 cm³/mol. The molecule has 5 nitrogen and oxygen atoms in total. The highest BCUT2D eigenvalue weighted by atomic mass is 32.2. The average Bonchev–Trinajstić information content (AvgIpc) is 2.99. The number of carbonyl (C=O) groups excluding carboxylic acids is 1. The fourth-order valence-electron chi connectivity index (χ4n) is 2.76. The number of rotatable bonds is 7. The smallest absolute Gasteiger partial charge is 0.217 e. The lowest BCUT2D eigenvalue weighted by Gasteiger charge is -2.13. The number of hydrogen-bond acceptors (Lipinski definition) is 4. The zero-order valence-corrected chi connectivity index (χ0v) is 16.7. The van der Waals surface area contributed by atoms with Crippen LogP contribution in [0.3, 0.4) is 0 Å². The molecule has 3 rings (SSSR count). The first-order chi connectivity index (χ1) is 13.0. The predicted octanol–water partition coefficient (Wildman–Crippen LogP) is 4.24. The number of pyridine rings is 1. The Labute approximate surface area is 164 Å². The lowest BCUT2D eigenvalue weighted by atomic mass is 10.1. The van der Waals surface area contributed by atoms with Gasteiger partial charge < -0.3 is 9.88 Å². The molecule has 0 fully saturated rings. The van der Waals surface area contributed by atoms with Crippen LogP contribution in [0.1, 0.15) is 43.8 Å². The van der Waals surface area contributed by atoms with Gasteiger partial charge in [-0.05, 0) is 35.7 Å². The van der Waals surface area contributed by atoms with Gasteiger partial charge in [0, 0.05) is 30.8 Å². The van der Waals surface area contributed by atoms with Crippen LogP contribution in [-0.2, 0) is 17.9 Å². The lowest BCUT2D eigenvalue weighted by molar-refractivity contribution is -0.119. The molecule has 140 valence electrons. The zero-order chi connectivity index (χ0) is 19.2. The van der Waals surface area contributed by atoms with Gasteiger partial charge in [0.25, 0.3) is 0 Å². The molecule has 0 bridgehead atoms. The van der Waals surface area contributed by atoms with E-state index in [9.17, 15) is 4.79 Å². The maximum atomic E-state index is 11.4. The van der Waals surface area contributed by atoms with Gasteiger partial charge in [0.1, 0.15) is 10.9 Å². The van der Waals surface area contributed by atoms with Crippen LogP contribution < -0.4 is 5.32 Å². The maximum absolute atomic E-state index is 11.4. The molecule has 1 N–H and O–H groups in total. The van der Waals surface area contributed by atoms with E-state index in [1.807, 2.05) is 30.3 Å². The maximum Gasteiger partial charge on any atom is 0.217 e. The molecule has 1 aromatic carbocycles. The van der Waals surface area contributed by atoms with Gasteiger partial charge in [0.2, 0.25) is 5.91 Å². The summed E-state index contributed by atoms with van der Waals surface area (Å²) in [6.07, 6.45) is 3.60. The first kappa shape index (κ1) is 19.2. The van der Waals surface area contributed by atoms with Gasteiger partial charge in [-0.1, -0.05) is 43.8 Å². The molecule has 2 heterocycles. The summed E-state index contributed by atoms with van der Waals surface area (Å²) in [5, 5.41) is 4.01. The molecule has 0 unspecified atom stereocenters. The number of imidazole rings is 1. The van der Waals surface area contributed by atoms with E-state index in [2.05, 4.69) is 40.8 Å². The molecule has 0 atom stereocenters. The van der Waals surface area contributed by atoms with E-state index in [1.165, 1.54) is 11.8 Å². The number of amides is 1. The number of nitrogens with zero attached hydrogens (tertiary/aromatic N) is 3. The van der Waals surface area contributed by atoms with E-state index in [0.29, 0.717) is 13.1 Å². The molecule has 0 aliphatic heterocycles. The summed E-state index contributed by atoms with van der Waals surface area (Å²) in [4.78, 5) is 21.6. The molecule has 0 saturated carbocycles. The van der Waals surface area contributed by atoms with E-state index in [-0.39, 0.29) is 11.8 Å². The van der Waals surface area contributed by atoms with Crippen molar-refractivity contribution in [1.82, 2.24) is 19.9 Å². The van der Waals surface area contributed by atoms with Gasteiger partial charge in [-0.25, -0.2) is 4.98 Å². The van der Waals surface area contributed by atoms with Gasteiger partial charge in [0.05, 0.1) is 12.2 Å². The normalized spacial score (nSPS) is 11.0. The third-order valence-electron chi connectivity index (χ3n) is 4.12. The summed E-state index contributed by atoms with van der Waals surface area (Å²) in [6.45, 7) is 6.92. The van der Waals surface area contributed by atoms with Crippen LogP contribution in [-0.4, -0.2) is 20.4 Å². The molecule has 0 radical (unpaired) electrons. The summed E-state index contributed by atoms with van der Waals surface area (Å²) in [7, 11) is 0. The monoisotopic (exact) mass is 380 g/mol. The molecular formula is C21H24N4OS. The molecular weight excluding hydrogens is 356 g/mol. The van der Waals surface area contributed by atoms with E-state index in [1.54, 1.807) is 24.2 Å². The van der Waals surface area contributed by atoms with Gasteiger partial charge >= 0.3 is 0 Å². The third-order valence-corrected chi connectivity index (χ3v) is 5.25. The van der Waals surface area contributed by atoms with Crippen molar-refractivity contribution in [1.29, 1.82) is 0 Å². The Balaban J connectivity index is 2.04. The first-order valence-electron chi connectivity index (χ1n) is 9.00. The van der Waals surface area contributed by atoms with E-state index in [0.717, 1.165) is 22.1 Å². The van der Waals surface area contributed by atoms with Crippen molar-refractivity contribution in [2.45, 2.75) is 49.7 Å². The van der Waals surface area contributed by atoms with Crippen molar-refractivity contribution in [2.24, 2.45) is 0 Å². The molecule has 2 aromatic heterocycles. The second kappa shape index (κ2) is 8.86. The van der Waals surface area contributed by atoms with Crippen LogP contribution in [0.4, 0.5) is 0 Å². The van der Waals surface area contributed by atoms with Gasteiger partial charge in [-0.15, -0.1) is 0 Å². The number of aromatic nitrogens is 3. The number of carbonyl (C=O) groups is 1. The fraction of sp³-hybridized carbons (Fsp3) is 0.286. The summed E-state index contributed by atoms with van der Waals surface area (Å²) < 4.78 is 2.21. The van der Waals surface area contributed by atoms with Crippen LogP contribution in [0.15, 0.2) is 64.8 Å². The minimum atomic E-state index is -0.0585. The largest absolute Gasteiger partial charge is 0.349 e. The molecule has 1 amide bonds. The molecule has 0 aliphatic carbocycles. The third kappa shape index (κ3) is 4.98. The van der Waals surface area contributed by atoms with E-state index < -0.39 is 0 Å². The molecule has 27 heavy (non-hydrogen) atoms. The number of hydrogen-bond donors (Lipinski definition) is 1. The van der Waals surface area contributed by atoms with Crippen LogP contribution in [0.2, 0.25) is 0 Å². The standard InChI is InChI=1S/C21H24N4OS/c1-15(2)20-21(27-18-7-5-4-6-8-18)25(14-17-9-11-22-12-10-17)19(24-20)13-23-16(3)26/h4-12,15H,13-14H2,1-3H3,(H,23,26). The van der Waals surface area contributed by atoms with Crippen molar-refractivity contribution in [3.05, 3.63) is 71.9 Å². The Morgan fingerprint density at radius 1 is 1.15 bits per heavy atom. The highest BCUT2D eigenvalue weighted by molar-refractivity contribution is 7.99. The Morgan fingerprint density at radius 2 is 1.85 bits per heavy atom. The summed E-state index contributed by atoms with van der Waals surface area (Å²) in [5.41, 5.74) is 2.20. The Hall–Kier alpha value is -2.60. The van der Waals surface area contributed by atoms with Gasteiger partial charge in [0.15, 0.2) is 0 Å². The van der Waals surface area contributed by atoms with Crippen molar-refractivity contribution >= 4 is 17.7 Å². The molecule has 0 saturated heterocycles. The fourth-order valence-corrected chi connectivity index (χ4v) is 3.94. The zero-order valence-electron chi connectivity index (χ0n) is 15.8. The van der Waals surface area contributed by atoms with Crippen LogP contribution in [0, 0.1) is 0 Å². The highest BCUT2D eigenvalue weighted by Gasteiger charge is 2.20. The second-order valence-electron chi connectivity index (χ2n) is 6.64. The first-order valence-corrected chi connectivity index (χ1v) is 9.81. The molecule has 3 aromatic rings. The average molecular weight is 381 g/mol. The second-order valence-corrected chi connectivity index (χ2v) is 7.70. The Kier molecular flexibility index (Phi) is 6.29. The summed E-state index contributed by atoms with van der Waals surface area (Å²) >= 11 is 1.72. The highest BCUT2D eigenvalue weighted by Crippen LogP contribution is 2.35. The molecule has 6 heteroatoms. The van der Waals surface area contributed by atoms with E-state index >= 15 is 0 Å². The van der Waals surface area contributed by atoms with Crippen molar-refractivity contribution in [2.75, 3.05) is 0 Å². The van der Waals surface area contributed by atoms with Gasteiger partial charge in [-0.2, -0.15) is 0 Å².